The predicted molar refractivity (Wildman–Crippen MR) is 109 cm³/mol. The van der Waals surface area contributed by atoms with Gasteiger partial charge in [-0.2, -0.15) is 13.2 Å². The van der Waals surface area contributed by atoms with Crippen LogP contribution in [0.4, 0.5) is 24.7 Å². The molecule has 2 aromatic rings. The highest BCUT2D eigenvalue weighted by atomic mass is 19.4. The Morgan fingerprint density at radius 1 is 0.867 bits per heavy atom. The molecule has 30 heavy (non-hydrogen) atoms. The molecule has 0 unspecified atom stereocenters. The van der Waals surface area contributed by atoms with E-state index in [2.05, 4.69) is 22.0 Å². The van der Waals surface area contributed by atoms with Crippen LogP contribution < -0.4 is 9.80 Å². The lowest BCUT2D eigenvalue weighted by Crippen LogP contribution is -2.51. The number of hydrogen-bond donors (Lipinski definition) is 0. The van der Waals surface area contributed by atoms with Crippen molar-refractivity contribution in [2.45, 2.75) is 19.0 Å². The maximum absolute atomic E-state index is 12.9. The second-order valence-electron chi connectivity index (χ2n) is 7.81. The molecule has 2 fully saturated rings. The van der Waals surface area contributed by atoms with Gasteiger partial charge in [0.15, 0.2) is 0 Å². The Balaban J connectivity index is 1.28. The third-order valence-corrected chi connectivity index (χ3v) is 5.96. The zero-order chi connectivity index (χ0) is 21.1. The molecule has 3 heterocycles. The SMILES string of the molecule is O=C(C1CCN(c2ccc(C(F)(F)F)cn2)CC1)N1CCN(c2ccccc2)CC1. The van der Waals surface area contributed by atoms with E-state index in [0.29, 0.717) is 44.8 Å². The molecule has 2 aliphatic heterocycles. The molecular formula is C22H25F3N4O. The summed E-state index contributed by atoms with van der Waals surface area (Å²) in [6, 6.07) is 12.7. The van der Waals surface area contributed by atoms with Crippen molar-refractivity contribution < 1.29 is 18.0 Å². The van der Waals surface area contributed by atoms with Gasteiger partial charge in [0.1, 0.15) is 5.82 Å². The molecule has 0 aliphatic carbocycles. The van der Waals surface area contributed by atoms with Crippen LogP contribution in [0.2, 0.25) is 0 Å². The molecule has 0 atom stereocenters. The third-order valence-electron chi connectivity index (χ3n) is 5.96. The van der Waals surface area contributed by atoms with Crippen LogP contribution in [0, 0.1) is 5.92 Å². The number of alkyl halides is 3. The molecule has 2 aliphatic rings. The number of pyridine rings is 1. The Labute approximate surface area is 174 Å². The van der Waals surface area contributed by atoms with Gasteiger partial charge < -0.3 is 14.7 Å². The Bertz CT molecular complexity index is 841. The van der Waals surface area contributed by atoms with Crippen molar-refractivity contribution in [1.29, 1.82) is 0 Å². The first-order valence-corrected chi connectivity index (χ1v) is 10.3. The van der Waals surface area contributed by atoms with E-state index in [1.807, 2.05) is 28.0 Å². The Kier molecular flexibility index (Phi) is 5.83. The van der Waals surface area contributed by atoms with Crippen molar-refractivity contribution in [3.63, 3.8) is 0 Å². The van der Waals surface area contributed by atoms with Crippen molar-refractivity contribution in [2.75, 3.05) is 49.1 Å². The van der Waals surface area contributed by atoms with Gasteiger partial charge in [0.25, 0.3) is 0 Å². The Hall–Kier alpha value is -2.77. The van der Waals surface area contributed by atoms with Crippen molar-refractivity contribution in [1.82, 2.24) is 9.88 Å². The monoisotopic (exact) mass is 418 g/mol. The summed E-state index contributed by atoms with van der Waals surface area (Å²) in [7, 11) is 0. The van der Waals surface area contributed by atoms with Gasteiger partial charge in [-0.15, -0.1) is 0 Å². The molecule has 1 aromatic carbocycles. The fourth-order valence-electron chi connectivity index (χ4n) is 4.18. The van der Waals surface area contributed by atoms with Gasteiger partial charge in [0.05, 0.1) is 5.56 Å². The summed E-state index contributed by atoms with van der Waals surface area (Å²) >= 11 is 0. The highest BCUT2D eigenvalue weighted by Gasteiger charge is 2.33. The van der Waals surface area contributed by atoms with E-state index in [1.54, 1.807) is 0 Å². The lowest BCUT2D eigenvalue weighted by molar-refractivity contribution is -0.138. The lowest BCUT2D eigenvalue weighted by atomic mass is 9.95. The minimum absolute atomic E-state index is 0.0287. The summed E-state index contributed by atoms with van der Waals surface area (Å²) in [5.74, 6) is 0.701. The van der Waals surface area contributed by atoms with Crippen molar-refractivity contribution in [3.8, 4) is 0 Å². The number of aromatic nitrogens is 1. The number of carbonyl (C=O) groups excluding carboxylic acids is 1. The average molecular weight is 418 g/mol. The summed E-state index contributed by atoms with van der Waals surface area (Å²) in [6.45, 7) is 4.33. The molecule has 1 aromatic heterocycles. The van der Waals surface area contributed by atoms with Gasteiger partial charge in [-0.05, 0) is 37.1 Å². The topological polar surface area (TPSA) is 39.7 Å². The molecule has 8 heteroatoms. The van der Waals surface area contributed by atoms with Gasteiger partial charge in [0.2, 0.25) is 5.91 Å². The maximum atomic E-state index is 12.9. The van der Waals surface area contributed by atoms with Crippen molar-refractivity contribution in [3.05, 3.63) is 54.2 Å². The largest absolute Gasteiger partial charge is 0.417 e. The van der Waals surface area contributed by atoms with Gasteiger partial charge in [-0.1, -0.05) is 18.2 Å². The minimum atomic E-state index is -4.38. The van der Waals surface area contributed by atoms with Crippen LogP contribution in [-0.4, -0.2) is 55.1 Å². The van der Waals surface area contributed by atoms with E-state index in [1.165, 1.54) is 11.8 Å². The molecule has 0 N–H and O–H groups in total. The van der Waals surface area contributed by atoms with E-state index >= 15 is 0 Å². The standard InChI is InChI=1S/C22H25F3N4O/c23-22(24,25)18-6-7-20(26-16-18)28-10-8-17(9-11-28)21(30)29-14-12-27(13-15-29)19-4-2-1-3-5-19/h1-7,16-17H,8-15H2. The second kappa shape index (κ2) is 8.53. The number of benzene rings is 1. The summed E-state index contributed by atoms with van der Waals surface area (Å²) in [4.78, 5) is 23.1. The molecular weight excluding hydrogens is 393 g/mol. The van der Waals surface area contributed by atoms with Crippen molar-refractivity contribution in [2.24, 2.45) is 5.92 Å². The summed E-state index contributed by atoms with van der Waals surface area (Å²) in [6.07, 6.45) is -2.12. The quantitative estimate of drug-likeness (QED) is 0.763. The van der Waals surface area contributed by atoms with Crippen LogP contribution in [-0.2, 0) is 11.0 Å². The van der Waals surface area contributed by atoms with Gasteiger partial charge >= 0.3 is 6.18 Å². The summed E-state index contributed by atoms with van der Waals surface area (Å²) < 4.78 is 38.1. The first kappa shape index (κ1) is 20.5. The average Bonchev–Trinajstić information content (AvgIpc) is 2.79. The zero-order valence-electron chi connectivity index (χ0n) is 16.7. The first-order chi connectivity index (χ1) is 14.4. The van der Waals surface area contributed by atoms with Crippen molar-refractivity contribution >= 4 is 17.4 Å². The number of para-hydroxylation sites is 1. The van der Waals surface area contributed by atoms with Crippen LogP contribution in [0.5, 0.6) is 0 Å². The number of anilines is 2. The molecule has 1 amide bonds. The Morgan fingerprint density at radius 3 is 2.10 bits per heavy atom. The van der Waals surface area contributed by atoms with Crippen LogP contribution >= 0.6 is 0 Å². The van der Waals surface area contributed by atoms with E-state index in [-0.39, 0.29) is 11.8 Å². The predicted octanol–water partition coefficient (Wildman–Crippen LogP) is 3.67. The number of amides is 1. The Morgan fingerprint density at radius 2 is 1.53 bits per heavy atom. The van der Waals surface area contributed by atoms with Gasteiger partial charge in [0, 0.05) is 57.1 Å². The third kappa shape index (κ3) is 4.52. The highest BCUT2D eigenvalue weighted by Crippen LogP contribution is 2.30. The van der Waals surface area contributed by atoms with Gasteiger partial charge in [-0.25, -0.2) is 4.98 Å². The molecule has 2 saturated heterocycles. The minimum Gasteiger partial charge on any atom is -0.368 e. The molecule has 5 nitrogen and oxygen atoms in total. The zero-order valence-corrected chi connectivity index (χ0v) is 16.7. The van der Waals surface area contributed by atoms with E-state index in [0.717, 1.165) is 25.4 Å². The van der Waals surface area contributed by atoms with E-state index < -0.39 is 11.7 Å². The summed E-state index contributed by atoms with van der Waals surface area (Å²) in [5.41, 5.74) is 0.438. The van der Waals surface area contributed by atoms with E-state index in [9.17, 15) is 18.0 Å². The van der Waals surface area contributed by atoms with Crippen LogP contribution in [0.15, 0.2) is 48.7 Å². The van der Waals surface area contributed by atoms with E-state index in [4.69, 9.17) is 0 Å². The fourth-order valence-corrected chi connectivity index (χ4v) is 4.18. The number of halogens is 3. The smallest absolute Gasteiger partial charge is 0.368 e. The van der Waals surface area contributed by atoms with Crippen LogP contribution in [0.1, 0.15) is 18.4 Å². The van der Waals surface area contributed by atoms with Crippen LogP contribution in [0.3, 0.4) is 0 Å². The number of rotatable bonds is 3. The normalized spacial score (nSPS) is 18.6. The highest BCUT2D eigenvalue weighted by molar-refractivity contribution is 5.79. The molecule has 160 valence electrons. The number of hydrogen-bond acceptors (Lipinski definition) is 4. The first-order valence-electron chi connectivity index (χ1n) is 10.3. The van der Waals surface area contributed by atoms with Crippen LogP contribution in [0.25, 0.3) is 0 Å². The number of nitrogens with zero attached hydrogens (tertiary/aromatic N) is 4. The maximum Gasteiger partial charge on any atom is 0.417 e. The second-order valence-corrected chi connectivity index (χ2v) is 7.81. The molecule has 0 radical (unpaired) electrons. The fraction of sp³-hybridized carbons (Fsp3) is 0.455. The number of piperazine rings is 1. The molecule has 0 bridgehead atoms. The molecule has 0 spiro atoms. The molecule has 4 rings (SSSR count). The lowest BCUT2D eigenvalue weighted by Gasteiger charge is -2.39. The molecule has 0 saturated carbocycles. The van der Waals surface area contributed by atoms with Gasteiger partial charge in [-0.3, -0.25) is 4.79 Å². The number of piperidine rings is 1. The number of carbonyl (C=O) groups is 1. The summed E-state index contributed by atoms with van der Waals surface area (Å²) in [5, 5.41) is 0.